The van der Waals surface area contributed by atoms with Crippen LogP contribution in [0.4, 0.5) is 0 Å². The molecule has 1 aromatic heterocycles. The summed E-state index contributed by atoms with van der Waals surface area (Å²) in [6.45, 7) is 7.04. The second kappa shape index (κ2) is 9.36. The predicted octanol–water partition coefficient (Wildman–Crippen LogP) is 4.29. The monoisotopic (exact) mass is 350 g/mol. The summed E-state index contributed by atoms with van der Waals surface area (Å²) in [7, 11) is 0. The first kappa shape index (κ1) is 19.2. The molecule has 0 aromatic carbocycles. The van der Waals surface area contributed by atoms with Crippen LogP contribution in [-0.2, 0) is 6.42 Å². The zero-order valence-electron chi connectivity index (χ0n) is 12.8. The average molecular weight is 351 g/mol. The molecule has 21 heavy (non-hydrogen) atoms. The molecule has 1 N–H and O–H groups in total. The van der Waals surface area contributed by atoms with Gasteiger partial charge in [0.05, 0.1) is 0 Å². The maximum atomic E-state index is 3.49. The molecule has 1 aromatic rings. The van der Waals surface area contributed by atoms with Crippen LogP contribution in [-0.4, -0.2) is 31.1 Å². The zero-order chi connectivity index (χ0) is 13.1. The molecule has 5 heteroatoms. The summed E-state index contributed by atoms with van der Waals surface area (Å²) in [4.78, 5) is 5.93. The number of nitrogens with zero attached hydrogens (tertiary/aromatic N) is 1. The Morgan fingerprint density at radius 2 is 1.86 bits per heavy atom. The summed E-state index contributed by atoms with van der Waals surface area (Å²) in [5.41, 5.74) is 0. The Morgan fingerprint density at radius 3 is 2.43 bits per heavy atom. The van der Waals surface area contributed by atoms with Crippen molar-refractivity contribution in [1.82, 2.24) is 10.2 Å². The van der Waals surface area contributed by atoms with Gasteiger partial charge < -0.3 is 5.32 Å². The van der Waals surface area contributed by atoms with Crippen molar-refractivity contribution in [2.24, 2.45) is 5.92 Å². The lowest BCUT2D eigenvalue weighted by Crippen LogP contribution is -2.46. The van der Waals surface area contributed by atoms with E-state index >= 15 is 0 Å². The molecule has 122 valence electrons. The highest BCUT2D eigenvalue weighted by atomic mass is 35.5. The van der Waals surface area contributed by atoms with Crippen LogP contribution in [0, 0.1) is 5.92 Å². The Kier molecular flexibility index (Phi) is 8.58. The molecule has 3 rings (SSSR count). The van der Waals surface area contributed by atoms with E-state index in [1.807, 2.05) is 0 Å². The Morgan fingerprint density at radius 1 is 1.19 bits per heavy atom. The number of thiophene rings is 1. The number of rotatable bonds is 4. The molecule has 0 bridgehead atoms. The van der Waals surface area contributed by atoms with Crippen molar-refractivity contribution < 1.29 is 0 Å². The quantitative estimate of drug-likeness (QED) is 0.871. The number of nitrogens with one attached hydrogen (secondary N) is 1. The highest BCUT2D eigenvalue weighted by Crippen LogP contribution is 2.41. The van der Waals surface area contributed by atoms with Crippen LogP contribution < -0.4 is 5.32 Å². The average Bonchev–Trinajstić information content (AvgIpc) is 3.12. The van der Waals surface area contributed by atoms with E-state index in [0.717, 1.165) is 19.0 Å². The number of halogens is 2. The lowest BCUT2D eigenvalue weighted by molar-refractivity contribution is 0.128. The molecule has 2 heterocycles. The standard InChI is InChI=1S/C16H26N2S.2ClH/c1-2-14-7-8-15(19-14)16(13-5-3-4-6-13)18-11-9-17-10-12-18;;/h7-8,13,16-17H,2-6,9-12H2,1H3;2*1H/t16-;;/m1../s1. The lowest BCUT2D eigenvalue weighted by atomic mass is 9.94. The molecule has 2 fully saturated rings. The molecule has 2 aliphatic rings. The molecule has 0 spiro atoms. The maximum Gasteiger partial charge on any atom is 0.0470 e. The van der Waals surface area contributed by atoms with Crippen LogP contribution in [0.1, 0.15) is 48.4 Å². The van der Waals surface area contributed by atoms with E-state index in [2.05, 4.69) is 40.6 Å². The summed E-state index contributed by atoms with van der Waals surface area (Å²) < 4.78 is 0. The Bertz CT molecular complexity index is 399. The summed E-state index contributed by atoms with van der Waals surface area (Å²) in [5, 5.41) is 3.49. The molecule has 1 saturated heterocycles. The minimum Gasteiger partial charge on any atom is -0.314 e. The fourth-order valence-corrected chi connectivity index (χ4v) is 4.87. The van der Waals surface area contributed by atoms with Gasteiger partial charge in [0, 0.05) is 42.0 Å². The molecule has 0 unspecified atom stereocenters. The summed E-state index contributed by atoms with van der Waals surface area (Å²) in [6, 6.07) is 5.47. The second-order valence-corrected chi connectivity index (χ2v) is 7.13. The Labute approximate surface area is 145 Å². The first-order valence-corrected chi connectivity index (χ1v) is 8.73. The molecule has 1 saturated carbocycles. The minimum absolute atomic E-state index is 0. The van der Waals surface area contributed by atoms with Gasteiger partial charge in [-0.3, -0.25) is 4.90 Å². The largest absolute Gasteiger partial charge is 0.314 e. The van der Waals surface area contributed by atoms with Gasteiger partial charge >= 0.3 is 0 Å². The van der Waals surface area contributed by atoms with Crippen molar-refractivity contribution in [1.29, 1.82) is 0 Å². The summed E-state index contributed by atoms with van der Waals surface area (Å²) in [6.07, 6.45) is 6.95. The second-order valence-electron chi connectivity index (χ2n) is 5.93. The SMILES string of the molecule is CCc1ccc([C@@H](C2CCCC2)N2CCNCC2)s1.Cl.Cl. The summed E-state index contributed by atoms with van der Waals surface area (Å²) in [5.74, 6) is 0.904. The third-order valence-corrected chi connectivity index (χ3v) is 6.01. The molecular weight excluding hydrogens is 323 g/mol. The Hall–Kier alpha value is 0.200. The fraction of sp³-hybridized carbons (Fsp3) is 0.750. The van der Waals surface area contributed by atoms with Crippen LogP contribution in [0.2, 0.25) is 0 Å². The van der Waals surface area contributed by atoms with Gasteiger partial charge in [-0.2, -0.15) is 0 Å². The van der Waals surface area contributed by atoms with E-state index in [9.17, 15) is 0 Å². The van der Waals surface area contributed by atoms with E-state index < -0.39 is 0 Å². The number of aryl methyl sites for hydroxylation is 1. The molecule has 1 aliphatic heterocycles. The third kappa shape index (κ3) is 4.59. The third-order valence-electron chi connectivity index (χ3n) is 4.71. The van der Waals surface area contributed by atoms with E-state index in [0.29, 0.717) is 6.04 Å². The molecule has 2 nitrogen and oxygen atoms in total. The highest BCUT2D eigenvalue weighted by Gasteiger charge is 2.32. The van der Waals surface area contributed by atoms with Crippen LogP contribution in [0.15, 0.2) is 12.1 Å². The van der Waals surface area contributed by atoms with Crippen molar-refractivity contribution in [2.75, 3.05) is 26.2 Å². The zero-order valence-corrected chi connectivity index (χ0v) is 15.3. The normalized spacial score (nSPS) is 21.6. The van der Waals surface area contributed by atoms with Gasteiger partial charge in [-0.25, -0.2) is 0 Å². The molecule has 0 radical (unpaired) electrons. The molecular formula is C16H28Cl2N2S. The van der Waals surface area contributed by atoms with E-state index in [1.54, 1.807) is 9.75 Å². The van der Waals surface area contributed by atoms with Crippen molar-refractivity contribution in [3.63, 3.8) is 0 Å². The van der Waals surface area contributed by atoms with E-state index in [4.69, 9.17) is 0 Å². The van der Waals surface area contributed by atoms with E-state index in [-0.39, 0.29) is 24.8 Å². The van der Waals surface area contributed by atoms with E-state index in [1.165, 1.54) is 45.2 Å². The van der Waals surface area contributed by atoms with Gasteiger partial charge in [0.1, 0.15) is 0 Å². The topological polar surface area (TPSA) is 15.3 Å². The van der Waals surface area contributed by atoms with Crippen LogP contribution >= 0.6 is 36.2 Å². The first-order valence-electron chi connectivity index (χ1n) is 7.92. The maximum absolute atomic E-state index is 3.49. The van der Waals surface area contributed by atoms with Gasteiger partial charge in [0.2, 0.25) is 0 Å². The van der Waals surface area contributed by atoms with Gasteiger partial charge in [-0.05, 0) is 37.3 Å². The van der Waals surface area contributed by atoms with Crippen molar-refractivity contribution in [3.05, 3.63) is 21.9 Å². The van der Waals surface area contributed by atoms with Gasteiger partial charge in [0.25, 0.3) is 0 Å². The molecule has 0 amide bonds. The highest BCUT2D eigenvalue weighted by molar-refractivity contribution is 7.12. The van der Waals surface area contributed by atoms with Gasteiger partial charge in [-0.1, -0.05) is 19.8 Å². The fourth-order valence-electron chi connectivity index (χ4n) is 3.69. The van der Waals surface area contributed by atoms with Gasteiger partial charge in [0.15, 0.2) is 0 Å². The minimum atomic E-state index is 0. The van der Waals surface area contributed by atoms with Crippen molar-refractivity contribution in [2.45, 2.75) is 45.1 Å². The smallest absolute Gasteiger partial charge is 0.0470 e. The van der Waals surface area contributed by atoms with Crippen LogP contribution in [0.25, 0.3) is 0 Å². The van der Waals surface area contributed by atoms with Crippen LogP contribution in [0.3, 0.4) is 0 Å². The number of hydrogen-bond donors (Lipinski definition) is 1. The van der Waals surface area contributed by atoms with Crippen molar-refractivity contribution >= 4 is 36.2 Å². The Balaban J connectivity index is 0.00000110. The number of hydrogen-bond acceptors (Lipinski definition) is 3. The molecule has 1 aliphatic carbocycles. The predicted molar refractivity (Wildman–Crippen MR) is 97.3 cm³/mol. The summed E-state index contributed by atoms with van der Waals surface area (Å²) >= 11 is 2.06. The first-order chi connectivity index (χ1) is 9.38. The van der Waals surface area contributed by atoms with Crippen molar-refractivity contribution in [3.8, 4) is 0 Å². The molecule has 1 atom stereocenters. The van der Waals surface area contributed by atoms with Gasteiger partial charge in [-0.15, -0.1) is 36.2 Å². The lowest BCUT2D eigenvalue weighted by Gasteiger charge is -2.37. The van der Waals surface area contributed by atoms with Crippen LogP contribution in [0.5, 0.6) is 0 Å². The number of piperazine rings is 1.